The van der Waals surface area contributed by atoms with Crippen LogP contribution >= 0.6 is 0 Å². The smallest absolute Gasteiger partial charge is 0.169 e. The lowest BCUT2D eigenvalue weighted by Crippen LogP contribution is -2.35. The largest absolute Gasteiger partial charge is 0.367 e. The number of halogens is 1. The molecule has 0 radical (unpaired) electrons. The number of imidazole rings is 1. The van der Waals surface area contributed by atoms with E-state index in [9.17, 15) is 4.39 Å². The second kappa shape index (κ2) is 6.67. The van der Waals surface area contributed by atoms with E-state index >= 15 is 0 Å². The van der Waals surface area contributed by atoms with Crippen molar-refractivity contribution < 1.29 is 4.39 Å². The lowest BCUT2D eigenvalue weighted by atomic mass is 10.1. The van der Waals surface area contributed by atoms with Gasteiger partial charge in [0.1, 0.15) is 0 Å². The van der Waals surface area contributed by atoms with E-state index in [2.05, 4.69) is 46.4 Å². The van der Waals surface area contributed by atoms with Crippen molar-refractivity contribution in [3.05, 3.63) is 41.9 Å². The molecule has 2 rings (SSSR count). The molecule has 0 unspecified atom stereocenters. The fourth-order valence-electron chi connectivity index (χ4n) is 1.84. The minimum Gasteiger partial charge on any atom is -0.367 e. The number of hydrogen-bond acceptors (Lipinski definition) is 4. The first kappa shape index (κ1) is 15.4. The lowest BCUT2D eigenvalue weighted by Gasteiger charge is -2.21. The summed E-state index contributed by atoms with van der Waals surface area (Å²) in [5, 5.41) is 6.30. The maximum Gasteiger partial charge on any atom is 0.169 e. The van der Waals surface area contributed by atoms with E-state index in [1.54, 1.807) is 24.8 Å². The molecule has 3 N–H and O–H groups in total. The maximum absolute atomic E-state index is 14.3. The molecule has 0 aliphatic carbocycles. The van der Waals surface area contributed by atoms with Crippen molar-refractivity contribution in [1.29, 1.82) is 0 Å². The molecule has 0 fully saturated rings. The van der Waals surface area contributed by atoms with Gasteiger partial charge < -0.3 is 15.6 Å². The highest BCUT2D eigenvalue weighted by Gasteiger charge is 2.13. The molecule has 2 aromatic heterocycles. The summed E-state index contributed by atoms with van der Waals surface area (Å²) in [6.07, 6.45) is 5.76. The number of rotatable bonds is 6. The van der Waals surface area contributed by atoms with Crippen LogP contribution in [0.2, 0.25) is 0 Å². The number of H-pyrrole nitrogens is 1. The van der Waals surface area contributed by atoms with Crippen LogP contribution < -0.4 is 10.6 Å². The highest BCUT2D eigenvalue weighted by molar-refractivity contribution is 5.40. The Morgan fingerprint density at radius 2 is 2.14 bits per heavy atom. The van der Waals surface area contributed by atoms with E-state index in [0.29, 0.717) is 24.5 Å². The molecule has 0 aromatic carbocycles. The van der Waals surface area contributed by atoms with Crippen molar-refractivity contribution in [3.8, 4) is 0 Å². The predicted molar refractivity (Wildman–Crippen MR) is 81.6 cm³/mol. The average molecular weight is 291 g/mol. The number of nitrogens with zero attached hydrogens (tertiary/aromatic N) is 2. The zero-order valence-corrected chi connectivity index (χ0v) is 12.7. The van der Waals surface area contributed by atoms with E-state index in [-0.39, 0.29) is 11.4 Å². The van der Waals surface area contributed by atoms with Gasteiger partial charge in [0.05, 0.1) is 6.33 Å². The number of aromatic amines is 1. The fraction of sp³-hybridized carbons (Fsp3) is 0.467. The predicted octanol–water partition coefficient (Wildman–Crippen LogP) is 2.49. The zero-order chi connectivity index (χ0) is 15.3. The standard InChI is InChI=1S/C15H22FN5/c1-15(2,3)21-8-11-4-6-18-14(13(11)16)19-7-5-12-9-17-10-20-12/h4,6,9-10,21H,5,7-8H2,1-3H3,(H,17,20)(H,18,19). The topological polar surface area (TPSA) is 65.6 Å². The van der Waals surface area contributed by atoms with Crippen LogP contribution in [0, 0.1) is 5.82 Å². The fourth-order valence-corrected chi connectivity index (χ4v) is 1.84. The molecule has 21 heavy (non-hydrogen) atoms. The second-order valence-electron chi connectivity index (χ2n) is 5.99. The summed E-state index contributed by atoms with van der Waals surface area (Å²) in [7, 11) is 0. The first-order valence-corrected chi connectivity index (χ1v) is 7.05. The summed E-state index contributed by atoms with van der Waals surface area (Å²) in [4.78, 5) is 11.0. The molecule has 0 aliphatic rings. The lowest BCUT2D eigenvalue weighted by molar-refractivity contribution is 0.418. The Bertz CT molecular complexity index is 560. The number of anilines is 1. The van der Waals surface area contributed by atoms with Gasteiger partial charge in [-0.1, -0.05) is 0 Å². The maximum atomic E-state index is 14.3. The Labute approximate surface area is 124 Å². The third kappa shape index (κ3) is 4.82. The highest BCUT2D eigenvalue weighted by atomic mass is 19.1. The molecular weight excluding hydrogens is 269 g/mol. The Balaban J connectivity index is 1.93. The highest BCUT2D eigenvalue weighted by Crippen LogP contribution is 2.16. The molecule has 5 nitrogen and oxygen atoms in total. The molecule has 0 saturated heterocycles. The third-order valence-corrected chi connectivity index (χ3v) is 3.02. The van der Waals surface area contributed by atoms with Gasteiger partial charge in [0.25, 0.3) is 0 Å². The first-order valence-electron chi connectivity index (χ1n) is 7.05. The van der Waals surface area contributed by atoms with Gasteiger partial charge in [-0.25, -0.2) is 14.4 Å². The van der Waals surface area contributed by atoms with Crippen LogP contribution in [-0.2, 0) is 13.0 Å². The van der Waals surface area contributed by atoms with E-state index in [1.165, 1.54) is 0 Å². The first-order chi connectivity index (χ1) is 9.96. The summed E-state index contributed by atoms with van der Waals surface area (Å²) in [6.45, 7) is 7.23. The van der Waals surface area contributed by atoms with Gasteiger partial charge in [0, 0.05) is 48.7 Å². The van der Waals surface area contributed by atoms with Crippen LogP contribution in [0.5, 0.6) is 0 Å². The van der Waals surface area contributed by atoms with Gasteiger partial charge >= 0.3 is 0 Å². The molecule has 0 aliphatic heterocycles. The molecule has 0 atom stereocenters. The summed E-state index contributed by atoms with van der Waals surface area (Å²) in [6, 6.07) is 1.70. The Kier molecular flexibility index (Phi) is 4.90. The van der Waals surface area contributed by atoms with Gasteiger partial charge in [0.15, 0.2) is 11.6 Å². The van der Waals surface area contributed by atoms with Gasteiger partial charge in [-0.3, -0.25) is 0 Å². The molecule has 0 saturated carbocycles. The summed E-state index contributed by atoms with van der Waals surface area (Å²) in [5.74, 6) is 0.00147. The Hall–Kier alpha value is -1.95. The third-order valence-electron chi connectivity index (χ3n) is 3.02. The quantitative estimate of drug-likeness (QED) is 0.765. The van der Waals surface area contributed by atoms with Crippen molar-refractivity contribution >= 4 is 5.82 Å². The van der Waals surface area contributed by atoms with E-state index in [4.69, 9.17) is 0 Å². The normalized spacial score (nSPS) is 11.6. The molecule has 2 aromatic rings. The number of nitrogens with one attached hydrogen (secondary N) is 3. The summed E-state index contributed by atoms with van der Waals surface area (Å²) in [5.41, 5.74) is 1.57. The average Bonchev–Trinajstić information content (AvgIpc) is 2.91. The van der Waals surface area contributed by atoms with E-state index in [0.717, 1.165) is 12.1 Å². The Morgan fingerprint density at radius 1 is 1.33 bits per heavy atom. The van der Waals surface area contributed by atoms with Crippen LogP contribution in [-0.4, -0.2) is 27.0 Å². The number of pyridine rings is 1. The SMILES string of the molecule is CC(C)(C)NCc1ccnc(NCCc2cnc[nH]2)c1F. The summed E-state index contributed by atoms with van der Waals surface area (Å²) < 4.78 is 14.3. The van der Waals surface area contributed by atoms with Crippen LogP contribution in [0.1, 0.15) is 32.0 Å². The van der Waals surface area contributed by atoms with Crippen LogP contribution in [0.3, 0.4) is 0 Å². The van der Waals surface area contributed by atoms with E-state index < -0.39 is 0 Å². The van der Waals surface area contributed by atoms with Crippen LogP contribution in [0.15, 0.2) is 24.8 Å². The van der Waals surface area contributed by atoms with Gasteiger partial charge in [0.2, 0.25) is 0 Å². The minimum absolute atomic E-state index is 0.0517. The monoisotopic (exact) mass is 291 g/mol. The van der Waals surface area contributed by atoms with E-state index in [1.807, 2.05) is 0 Å². The van der Waals surface area contributed by atoms with Crippen molar-refractivity contribution in [3.63, 3.8) is 0 Å². The molecule has 0 bridgehead atoms. The van der Waals surface area contributed by atoms with Crippen molar-refractivity contribution in [2.75, 3.05) is 11.9 Å². The van der Waals surface area contributed by atoms with Gasteiger partial charge in [-0.05, 0) is 26.8 Å². The number of aromatic nitrogens is 3. The summed E-state index contributed by atoms with van der Waals surface area (Å²) >= 11 is 0. The molecule has 6 heteroatoms. The molecule has 114 valence electrons. The molecule has 0 spiro atoms. The zero-order valence-electron chi connectivity index (χ0n) is 12.7. The second-order valence-corrected chi connectivity index (χ2v) is 5.99. The Morgan fingerprint density at radius 3 is 2.81 bits per heavy atom. The van der Waals surface area contributed by atoms with Crippen molar-refractivity contribution in [1.82, 2.24) is 20.3 Å². The van der Waals surface area contributed by atoms with Crippen molar-refractivity contribution in [2.24, 2.45) is 0 Å². The molecule has 0 amide bonds. The van der Waals surface area contributed by atoms with Crippen LogP contribution in [0.4, 0.5) is 10.2 Å². The minimum atomic E-state index is -0.293. The van der Waals surface area contributed by atoms with Gasteiger partial charge in [-0.2, -0.15) is 0 Å². The van der Waals surface area contributed by atoms with Crippen molar-refractivity contribution in [2.45, 2.75) is 39.3 Å². The molecule has 2 heterocycles. The van der Waals surface area contributed by atoms with Crippen LogP contribution in [0.25, 0.3) is 0 Å². The molecular formula is C15H22FN5. The van der Waals surface area contributed by atoms with Gasteiger partial charge in [-0.15, -0.1) is 0 Å². The number of hydrogen-bond donors (Lipinski definition) is 3.